The van der Waals surface area contributed by atoms with Gasteiger partial charge in [0.25, 0.3) is 5.91 Å². The van der Waals surface area contributed by atoms with E-state index < -0.39 is 0 Å². The fourth-order valence-electron chi connectivity index (χ4n) is 2.60. The van der Waals surface area contributed by atoms with Gasteiger partial charge in [0.15, 0.2) is 0 Å². The van der Waals surface area contributed by atoms with Crippen molar-refractivity contribution in [1.82, 2.24) is 15.1 Å². The number of hydrogen-bond acceptors (Lipinski definition) is 4. The van der Waals surface area contributed by atoms with E-state index in [0.29, 0.717) is 11.4 Å². The van der Waals surface area contributed by atoms with E-state index in [9.17, 15) is 4.79 Å². The molecule has 1 aliphatic carbocycles. The molecule has 6 heteroatoms. The Hall–Kier alpha value is -1.82. The summed E-state index contributed by atoms with van der Waals surface area (Å²) in [6, 6.07) is 2.20. The van der Waals surface area contributed by atoms with Gasteiger partial charge in [0.2, 0.25) is 0 Å². The number of carbonyl (C=O) groups is 1. The van der Waals surface area contributed by atoms with Crippen molar-refractivity contribution in [3.63, 3.8) is 0 Å². The molecule has 0 fully saturated rings. The SMILES string of the molecule is Cn1ncc(N)c1C(=O)NC1CCCc2sccc21. The smallest absolute Gasteiger partial charge is 0.272 e. The first kappa shape index (κ1) is 12.2. The molecule has 2 aromatic heterocycles. The predicted molar refractivity (Wildman–Crippen MR) is 75.1 cm³/mol. The van der Waals surface area contributed by atoms with Crippen LogP contribution in [0.15, 0.2) is 17.6 Å². The molecular weight excluding hydrogens is 260 g/mol. The third-order valence-electron chi connectivity index (χ3n) is 3.54. The number of amides is 1. The molecule has 0 aliphatic heterocycles. The minimum absolute atomic E-state index is 0.0943. The summed E-state index contributed by atoms with van der Waals surface area (Å²) in [6.07, 6.45) is 4.71. The molecule has 0 spiro atoms. The van der Waals surface area contributed by atoms with Crippen molar-refractivity contribution in [2.24, 2.45) is 7.05 Å². The van der Waals surface area contributed by atoms with E-state index in [2.05, 4.69) is 21.9 Å². The number of nitrogens with zero attached hydrogens (tertiary/aromatic N) is 2. The largest absolute Gasteiger partial charge is 0.396 e. The molecule has 19 heavy (non-hydrogen) atoms. The van der Waals surface area contributed by atoms with E-state index >= 15 is 0 Å². The Kier molecular flexibility index (Phi) is 3.02. The van der Waals surface area contributed by atoms with Crippen LogP contribution in [0.3, 0.4) is 0 Å². The Bertz CT molecular complexity index is 596. The number of anilines is 1. The van der Waals surface area contributed by atoms with E-state index in [4.69, 9.17) is 5.73 Å². The molecule has 0 bridgehead atoms. The van der Waals surface area contributed by atoms with Gasteiger partial charge in [-0.05, 0) is 36.3 Å². The number of carbonyl (C=O) groups excluding carboxylic acids is 1. The molecule has 100 valence electrons. The number of nitrogens with two attached hydrogens (primary N) is 1. The number of fused-ring (bicyclic) bond motifs is 1. The average molecular weight is 276 g/mol. The minimum atomic E-state index is -0.151. The van der Waals surface area contributed by atoms with Gasteiger partial charge in [-0.25, -0.2) is 0 Å². The third kappa shape index (κ3) is 2.12. The third-order valence-corrected chi connectivity index (χ3v) is 4.54. The van der Waals surface area contributed by atoms with Crippen LogP contribution >= 0.6 is 11.3 Å². The normalized spacial score (nSPS) is 18.1. The summed E-state index contributed by atoms with van der Waals surface area (Å²) in [4.78, 5) is 13.7. The van der Waals surface area contributed by atoms with Gasteiger partial charge in [0, 0.05) is 11.9 Å². The lowest BCUT2D eigenvalue weighted by Crippen LogP contribution is -2.32. The first-order chi connectivity index (χ1) is 9.16. The monoisotopic (exact) mass is 276 g/mol. The highest BCUT2D eigenvalue weighted by Crippen LogP contribution is 2.33. The number of nitrogens with one attached hydrogen (secondary N) is 1. The standard InChI is InChI=1S/C13H16N4OS/c1-17-12(9(14)7-15-17)13(18)16-10-3-2-4-11-8(10)5-6-19-11/h5-7,10H,2-4,14H2,1H3,(H,16,18). The maximum atomic E-state index is 12.3. The number of thiophene rings is 1. The number of nitrogen functional groups attached to an aromatic ring is 1. The first-order valence-electron chi connectivity index (χ1n) is 6.31. The molecule has 0 radical (unpaired) electrons. The lowest BCUT2D eigenvalue weighted by molar-refractivity contribution is 0.0924. The van der Waals surface area contributed by atoms with Crippen LogP contribution in [0, 0.1) is 0 Å². The van der Waals surface area contributed by atoms with Gasteiger partial charge in [-0.2, -0.15) is 5.10 Å². The van der Waals surface area contributed by atoms with E-state index in [0.717, 1.165) is 19.3 Å². The fourth-order valence-corrected chi connectivity index (χ4v) is 3.58. The van der Waals surface area contributed by atoms with Crippen LogP contribution in [0.2, 0.25) is 0 Å². The van der Waals surface area contributed by atoms with Crippen LogP contribution in [0.25, 0.3) is 0 Å². The van der Waals surface area contributed by atoms with Crippen LogP contribution in [0.5, 0.6) is 0 Å². The quantitative estimate of drug-likeness (QED) is 0.879. The number of hydrogen-bond donors (Lipinski definition) is 2. The molecule has 1 aliphatic rings. The van der Waals surface area contributed by atoms with Crippen molar-refractivity contribution in [3.8, 4) is 0 Å². The van der Waals surface area contributed by atoms with Crippen LogP contribution in [0.1, 0.15) is 39.8 Å². The molecule has 3 N–H and O–H groups in total. The lowest BCUT2D eigenvalue weighted by atomic mass is 9.94. The molecule has 2 aromatic rings. The highest BCUT2D eigenvalue weighted by Gasteiger charge is 2.25. The zero-order chi connectivity index (χ0) is 13.4. The molecule has 3 rings (SSSR count). The Morgan fingerprint density at radius 2 is 2.47 bits per heavy atom. The predicted octanol–water partition coefficient (Wildman–Crippen LogP) is 1.87. The van der Waals surface area contributed by atoms with Gasteiger partial charge in [-0.15, -0.1) is 11.3 Å². The lowest BCUT2D eigenvalue weighted by Gasteiger charge is -2.23. The second-order valence-electron chi connectivity index (χ2n) is 4.79. The molecule has 2 heterocycles. The molecule has 5 nitrogen and oxygen atoms in total. The van der Waals surface area contributed by atoms with Crippen LogP contribution in [-0.2, 0) is 13.5 Å². The van der Waals surface area contributed by atoms with Gasteiger partial charge in [-0.3, -0.25) is 9.48 Å². The van der Waals surface area contributed by atoms with Crippen molar-refractivity contribution in [2.45, 2.75) is 25.3 Å². The highest BCUT2D eigenvalue weighted by atomic mass is 32.1. The van der Waals surface area contributed by atoms with Crippen molar-refractivity contribution in [3.05, 3.63) is 33.8 Å². The van der Waals surface area contributed by atoms with Crippen molar-refractivity contribution in [1.29, 1.82) is 0 Å². The molecule has 1 amide bonds. The molecule has 1 unspecified atom stereocenters. The van der Waals surface area contributed by atoms with E-state index in [1.807, 2.05) is 0 Å². The molecular formula is C13H16N4OS. The second kappa shape index (κ2) is 4.70. The van der Waals surface area contributed by atoms with Crippen LogP contribution in [0.4, 0.5) is 5.69 Å². The molecule has 0 saturated heterocycles. The summed E-state index contributed by atoms with van der Waals surface area (Å²) in [5.41, 5.74) is 7.89. The van der Waals surface area contributed by atoms with Gasteiger partial charge in [-0.1, -0.05) is 0 Å². The highest BCUT2D eigenvalue weighted by molar-refractivity contribution is 7.10. The Morgan fingerprint density at radius 3 is 3.21 bits per heavy atom. The number of rotatable bonds is 2. The zero-order valence-electron chi connectivity index (χ0n) is 10.7. The zero-order valence-corrected chi connectivity index (χ0v) is 11.5. The maximum Gasteiger partial charge on any atom is 0.272 e. The van der Waals surface area contributed by atoms with Gasteiger partial charge < -0.3 is 11.1 Å². The topological polar surface area (TPSA) is 72.9 Å². The van der Waals surface area contributed by atoms with E-state index in [1.165, 1.54) is 21.3 Å². The van der Waals surface area contributed by atoms with Gasteiger partial charge in [0.1, 0.15) is 5.69 Å². The van der Waals surface area contributed by atoms with Crippen molar-refractivity contribution < 1.29 is 4.79 Å². The summed E-state index contributed by atoms with van der Waals surface area (Å²) in [7, 11) is 1.72. The Labute approximate surface area is 115 Å². The van der Waals surface area contributed by atoms with Gasteiger partial charge in [0.05, 0.1) is 17.9 Å². The summed E-state index contributed by atoms with van der Waals surface area (Å²) >= 11 is 1.77. The van der Waals surface area contributed by atoms with Gasteiger partial charge >= 0.3 is 0 Å². The Balaban J connectivity index is 1.82. The average Bonchev–Trinajstić information content (AvgIpc) is 2.97. The van der Waals surface area contributed by atoms with Crippen molar-refractivity contribution >= 4 is 22.9 Å². The summed E-state index contributed by atoms with van der Waals surface area (Å²) in [5, 5.41) is 9.16. The van der Waals surface area contributed by atoms with Crippen LogP contribution in [-0.4, -0.2) is 15.7 Å². The fraction of sp³-hybridized carbons (Fsp3) is 0.385. The van der Waals surface area contributed by atoms with Crippen molar-refractivity contribution in [2.75, 3.05) is 5.73 Å². The summed E-state index contributed by atoms with van der Waals surface area (Å²) in [6.45, 7) is 0. The number of aromatic nitrogens is 2. The molecule has 1 atom stereocenters. The second-order valence-corrected chi connectivity index (χ2v) is 5.79. The Morgan fingerprint density at radius 1 is 1.63 bits per heavy atom. The van der Waals surface area contributed by atoms with Crippen LogP contribution < -0.4 is 11.1 Å². The summed E-state index contributed by atoms with van der Waals surface area (Å²) in [5.74, 6) is -0.151. The summed E-state index contributed by atoms with van der Waals surface area (Å²) < 4.78 is 1.52. The number of aryl methyl sites for hydroxylation is 2. The minimum Gasteiger partial charge on any atom is -0.396 e. The van der Waals surface area contributed by atoms with E-state index in [1.54, 1.807) is 18.4 Å². The van der Waals surface area contributed by atoms with E-state index in [-0.39, 0.29) is 11.9 Å². The first-order valence-corrected chi connectivity index (χ1v) is 7.19. The molecule has 0 aromatic carbocycles. The molecule has 0 saturated carbocycles. The maximum absolute atomic E-state index is 12.3.